The fraction of sp³-hybridized carbons (Fsp3) is 0.0952. The van der Waals surface area contributed by atoms with Crippen molar-refractivity contribution in [2.45, 2.75) is 13.5 Å². The first-order chi connectivity index (χ1) is 12.0. The predicted octanol–water partition coefficient (Wildman–Crippen LogP) is 5.08. The Bertz CT molecular complexity index is 887. The number of rotatable bonds is 5. The zero-order valence-corrected chi connectivity index (χ0v) is 13.7. The van der Waals surface area contributed by atoms with Crippen LogP contribution < -0.4 is 4.74 Å². The summed E-state index contributed by atoms with van der Waals surface area (Å²) in [6, 6.07) is 19.4. The summed E-state index contributed by atoms with van der Waals surface area (Å²) in [5, 5.41) is 9.36. The Hall–Kier alpha value is -3.14. The molecule has 3 aromatic rings. The van der Waals surface area contributed by atoms with Crippen molar-refractivity contribution < 1.29 is 19.0 Å². The Morgan fingerprint density at radius 1 is 1.04 bits per heavy atom. The van der Waals surface area contributed by atoms with Crippen LogP contribution in [0.3, 0.4) is 0 Å². The van der Waals surface area contributed by atoms with Gasteiger partial charge in [-0.05, 0) is 53.4 Å². The quantitative estimate of drug-likeness (QED) is 0.707. The van der Waals surface area contributed by atoms with Gasteiger partial charge < -0.3 is 9.84 Å². The minimum absolute atomic E-state index is 0.0804. The number of aryl methyl sites for hydroxylation is 1. The molecular formula is C21H17FO3. The van der Waals surface area contributed by atoms with E-state index in [1.807, 2.05) is 30.3 Å². The topological polar surface area (TPSA) is 46.5 Å². The van der Waals surface area contributed by atoms with Gasteiger partial charge in [-0.25, -0.2) is 9.18 Å². The van der Waals surface area contributed by atoms with Crippen molar-refractivity contribution in [2.75, 3.05) is 0 Å². The van der Waals surface area contributed by atoms with Crippen LogP contribution in [0.1, 0.15) is 21.5 Å². The Labute approximate surface area is 145 Å². The molecule has 0 aliphatic heterocycles. The lowest BCUT2D eigenvalue weighted by Crippen LogP contribution is -2.02. The number of hydrogen-bond donors (Lipinski definition) is 1. The molecule has 0 atom stereocenters. The number of carbonyl (C=O) groups is 1. The molecule has 25 heavy (non-hydrogen) atoms. The maximum atomic E-state index is 13.9. The van der Waals surface area contributed by atoms with Crippen LogP contribution >= 0.6 is 0 Å². The molecule has 0 fully saturated rings. The van der Waals surface area contributed by atoms with Crippen molar-refractivity contribution in [3.05, 3.63) is 89.2 Å². The van der Waals surface area contributed by atoms with Gasteiger partial charge in [0.1, 0.15) is 18.2 Å². The van der Waals surface area contributed by atoms with Gasteiger partial charge in [-0.3, -0.25) is 0 Å². The summed E-state index contributed by atoms with van der Waals surface area (Å²) in [4.78, 5) is 11.4. The molecule has 126 valence electrons. The maximum Gasteiger partial charge on any atom is 0.336 e. The molecule has 0 unspecified atom stereocenters. The first-order valence-electron chi connectivity index (χ1n) is 7.85. The highest BCUT2D eigenvalue weighted by molar-refractivity contribution is 5.96. The minimum atomic E-state index is -1.08. The number of benzene rings is 3. The average molecular weight is 336 g/mol. The summed E-state index contributed by atoms with van der Waals surface area (Å²) >= 11 is 0. The largest absolute Gasteiger partial charge is 0.489 e. The van der Waals surface area contributed by atoms with E-state index >= 15 is 0 Å². The van der Waals surface area contributed by atoms with Gasteiger partial charge in [-0.15, -0.1) is 0 Å². The molecule has 3 rings (SSSR count). The summed E-state index contributed by atoms with van der Waals surface area (Å²) in [7, 11) is 0. The highest BCUT2D eigenvalue weighted by atomic mass is 19.1. The fourth-order valence-electron chi connectivity index (χ4n) is 2.57. The van der Waals surface area contributed by atoms with Crippen molar-refractivity contribution >= 4 is 5.97 Å². The van der Waals surface area contributed by atoms with Gasteiger partial charge in [-0.1, -0.05) is 42.5 Å². The standard InChI is InChI=1S/C21H17FO3/c1-14-11-19(21(23)24)18(12-20(14)22)16-7-9-17(10-8-16)25-13-15-5-3-2-4-6-15/h2-12H,13H2,1H3,(H,23,24). The highest BCUT2D eigenvalue weighted by Gasteiger charge is 2.15. The van der Waals surface area contributed by atoms with Crippen LogP contribution in [-0.2, 0) is 6.61 Å². The second-order valence-corrected chi connectivity index (χ2v) is 5.75. The summed E-state index contributed by atoms with van der Waals surface area (Å²) in [6.07, 6.45) is 0. The molecule has 0 aromatic heterocycles. The molecule has 0 heterocycles. The zero-order chi connectivity index (χ0) is 17.8. The lowest BCUT2D eigenvalue weighted by molar-refractivity contribution is 0.0697. The summed E-state index contributed by atoms with van der Waals surface area (Å²) in [5.41, 5.74) is 2.43. The van der Waals surface area contributed by atoms with Gasteiger partial charge in [0.25, 0.3) is 0 Å². The normalized spacial score (nSPS) is 10.5. The maximum absolute atomic E-state index is 13.9. The Balaban J connectivity index is 1.83. The van der Waals surface area contributed by atoms with Crippen LogP contribution in [0.5, 0.6) is 5.75 Å². The Kier molecular flexibility index (Phi) is 4.80. The van der Waals surface area contributed by atoms with E-state index in [0.717, 1.165) is 5.56 Å². The fourth-order valence-corrected chi connectivity index (χ4v) is 2.57. The van der Waals surface area contributed by atoms with E-state index in [1.54, 1.807) is 31.2 Å². The number of carboxylic acid groups (broad SMARTS) is 1. The number of aromatic carboxylic acids is 1. The van der Waals surface area contributed by atoms with E-state index in [2.05, 4.69) is 0 Å². The molecule has 0 aliphatic carbocycles. The predicted molar refractivity (Wildman–Crippen MR) is 94.3 cm³/mol. The Morgan fingerprint density at radius 2 is 1.72 bits per heavy atom. The molecule has 0 spiro atoms. The van der Waals surface area contributed by atoms with Crippen LogP contribution in [0, 0.1) is 12.7 Å². The second kappa shape index (κ2) is 7.18. The van der Waals surface area contributed by atoms with Crippen molar-refractivity contribution in [2.24, 2.45) is 0 Å². The van der Waals surface area contributed by atoms with E-state index in [0.29, 0.717) is 29.0 Å². The monoisotopic (exact) mass is 336 g/mol. The van der Waals surface area contributed by atoms with E-state index in [4.69, 9.17) is 4.74 Å². The van der Waals surface area contributed by atoms with E-state index in [9.17, 15) is 14.3 Å². The van der Waals surface area contributed by atoms with Gasteiger partial charge in [0.05, 0.1) is 5.56 Å². The lowest BCUT2D eigenvalue weighted by Gasteiger charge is -2.10. The molecule has 3 aromatic carbocycles. The summed E-state index contributed by atoms with van der Waals surface area (Å²) in [6.45, 7) is 1.99. The third-order valence-electron chi connectivity index (χ3n) is 3.94. The van der Waals surface area contributed by atoms with Crippen LogP contribution in [0.2, 0.25) is 0 Å². The number of carboxylic acids is 1. The summed E-state index contributed by atoms with van der Waals surface area (Å²) < 4.78 is 19.6. The lowest BCUT2D eigenvalue weighted by atomic mass is 9.97. The SMILES string of the molecule is Cc1cc(C(=O)O)c(-c2ccc(OCc3ccccc3)cc2)cc1F. The highest BCUT2D eigenvalue weighted by Crippen LogP contribution is 2.28. The first-order valence-corrected chi connectivity index (χ1v) is 7.85. The molecule has 0 saturated carbocycles. The van der Waals surface area contributed by atoms with Gasteiger partial charge in [0.15, 0.2) is 0 Å². The molecule has 3 nitrogen and oxygen atoms in total. The molecule has 0 saturated heterocycles. The van der Waals surface area contributed by atoms with Crippen LogP contribution in [0.25, 0.3) is 11.1 Å². The van der Waals surface area contributed by atoms with Crippen LogP contribution in [-0.4, -0.2) is 11.1 Å². The van der Waals surface area contributed by atoms with Crippen LogP contribution in [0.15, 0.2) is 66.7 Å². The second-order valence-electron chi connectivity index (χ2n) is 5.75. The van der Waals surface area contributed by atoms with Gasteiger partial charge in [0.2, 0.25) is 0 Å². The van der Waals surface area contributed by atoms with Gasteiger partial charge in [0, 0.05) is 0 Å². The minimum Gasteiger partial charge on any atom is -0.489 e. The molecule has 0 radical (unpaired) electrons. The molecular weight excluding hydrogens is 319 g/mol. The smallest absolute Gasteiger partial charge is 0.336 e. The third kappa shape index (κ3) is 3.86. The van der Waals surface area contributed by atoms with Gasteiger partial charge in [-0.2, -0.15) is 0 Å². The van der Waals surface area contributed by atoms with E-state index in [-0.39, 0.29) is 5.56 Å². The van der Waals surface area contributed by atoms with Crippen molar-refractivity contribution in [3.63, 3.8) is 0 Å². The molecule has 1 N–H and O–H groups in total. The number of hydrogen-bond acceptors (Lipinski definition) is 2. The molecule has 0 bridgehead atoms. The number of halogens is 1. The molecule has 0 aliphatic rings. The van der Waals surface area contributed by atoms with Crippen molar-refractivity contribution in [3.8, 4) is 16.9 Å². The van der Waals surface area contributed by atoms with Gasteiger partial charge >= 0.3 is 5.97 Å². The first kappa shape index (κ1) is 16.7. The van der Waals surface area contributed by atoms with Crippen molar-refractivity contribution in [1.29, 1.82) is 0 Å². The van der Waals surface area contributed by atoms with E-state index < -0.39 is 11.8 Å². The van der Waals surface area contributed by atoms with Crippen molar-refractivity contribution in [1.82, 2.24) is 0 Å². The third-order valence-corrected chi connectivity index (χ3v) is 3.94. The summed E-state index contributed by atoms with van der Waals surface area (Å²) in [5.74, 6) is -0.844. The van der Waals surface area contributed by atoms with E-state index in [1.165, 1.54) is 12.1 Å². The zero-order valence-electron chi connectivity index (χ0n) is 13.7. The average Bonchev–Trinajstić information content (AvgIpc) is 2.63. The number of ether oxygens (including phenoxy) is 1. The molecule has 4 heteroatoms. The molecule has 0 amide bonds. The Morgan fingerprint density at radius 3 is 2.36 bits per heavy atom. The van der Waals surface area contributed by atoms with Crippen LogP contribution in [0.4, 0.5) is 4.39 Å².